The van der Waals surface area contributed by atoms with Crippen molar-refractivity contribution >= 4 is 7.82 Å². The summed E-state index contributed by atoms with van der Waals surface area (Å²) in [6, 6.07) is 0. The summed E-state index contributed by atoms with van der Waals surface area (Å²) in [6.07, 6.45) is -2.89. The molecule has 1 aliphatic rings. The lowest BCUT2D eigenvalue weighted by Crippen LogP contribution is -2.34. The van der Waals surface area contributed by atoms with Gasteiger partial charge in [0, 0.05) is 6.42 Å². The fraction of sp³-hybridized carbons (Fsp3) is 0.556. The van der Waals surface area contributed by atoms with Crippen molar-refractivity contribution in [3.05, 3.63) is 32.9 Å². The number of halogens is 1. The van der Waals surface area contributed by atoms with Gasteiger partial charge in [0.1, 0.15) is 12.3 Å². The molecule has 1 saturated heterocycles. The molecular formula is C9H12FN2O8P. The van der Waals surface area contributed by atoms with Crippen LogP contribution in [-0.4, -0.2) is 43.3 Å². The number of rotatable bonds is 4. The highest BCUT2D eigenvalue weighted by Gasteiger charge is 2.37. The molecule has 0 radical (unpaired) electrons. The normalized spacial score (nSPS) is 26.2. The number of nitrogens with one attached hydrogen (secondary N) is 1. The average Bonchev–Trinajstić information content (AvgIpc) is 2.72. The minimum Gasteiger partial charge on any atom is -0.390 e. The Bertz CT molecular complexity index is 681. The van der Waals surface area contributed by atoms with Crippen LogP contribution >= 0.6 is 7.82 Å². The minimum absolute atomic E-state index is 0.138. The van der Waals surface area contributed by atoms with E-state index in [1.54, 1.807) is 4.98 Å². The van der Waals surface area contributed by atoms with Crippen LogP contribution in [0.15, 0.2) is 15.8 Å². The van der Waals surface area contributed by atoms with E-state index in [0.717, 1.165) is 4.57 Å². The molecule has 0 amide bonds. The van der Waals surface area contributed by atoms with E-state index in [-0.39, 0.29) is 6.42 Å². The van der Waals surface area contributed by atoms with Gasteiger partial charge in [0.15, 0.2) is 0 Å². The van der Waals surface area contributed by atoms with Crippen molar-refractivity contribution in [3.63, 3.8) is 0 Å². The molecule has 0 aliphatic carbocycles. The van der Waals surface area contributed by atoms with E-state index in [9.17, 15) is 23.7 Å². The van der Waals surface area contributed by atoms with Crippen LogP contribution in [0.25, 0.3) is 0 Å². The zero-order valence-electron chi connectivity index (χ0n) is 10.4. The standard InChI is InChI=1S/C9H12FN2O8P/c10-4-2-12(9(15)11-8(4)14)7-1-5(13)6(20-7)3-19-21(16,17)18/h2,5-7,13H,1,3H2,(H,11,14,15)(H2,16,17,18)/t5?,6-,7-/m1/s1. The molecule has 4 N–H and O–H groups in total. The third-order valence-corrected chi connectivity index (χ3v) is 3.33. The molecule has 1 aromatic rings. The number of hydrogen-bond donors (Lipinski definition) is 4. The van der Waals surface area contributed by atoms with Gasteiger partial charge in [0.25, 0.3) is 5.56 Å². The molecule has 1 aliphatic heterocycles. The zero-order valence-corrected chi connectivity index (χ0v) is 11.3. The summed E-state index contributed by atoms with van der Waals surface area (Å²) in [7, 11) is -4.73. The van der Waals surface area contributed by atoms with Crippen molar-refractivity contribution in [1.82, 2.24) is 9.55 Å². The van der Waals surface area contributed by atoms with E-state index in [2.05, 4.69) is 4.52 Å². The van der Waals surface area contributed by atoms with Crippen molar-refractivity contribution in [2.45, 2.75) is 24.9 Å². The molecule has 1 aromatic heterocycles. The number of nitrogens with zero attached hydrogens (tertiary/aromatic N) is 1. The van der Waals surface area contributed by atoms with Crippen molar-refractivity contribution in [2.24, 2.45) is 0 Å². The van der Waals surface area contributed by atoms with Crippen LogP contribution in [0.1, 0.15) is 12.6 Å². The summed E-state index contributed by atoms with van der Waals surface area (Å²) in [5.41, 5.74) is -2.12. The van der Waals surface area contributed by atoms with Gasteiger partial charge in [-0.3, -0.25) is 18.9 Å². The molecule has 3 atom stereocenters. The average molecular weight is 326 g/mol. The van der Waals surface area contributed by atoms with Gasteiger partial charge in [-0.05, 0) is 0 Å². The molecule has 2 rings (SSSR count). The number of phosphoric ester groups is 1. The number of aromatic nitrogens is 2. The summed E-state index contributed by atoms with van der Waals surface area (Å²) in [5, 5.41) is 9.69. The lowest BCUT2D eigenvalue weighted by Gasteiger charge is -2.16. The van der Waals surface area contributed by atoms with Crippen molar-refractivity contribution < 1.29 is 33.1 Å². The molecule has 0 bridgehead atoms. The van der Waals surface area contributed by atoms with E-state index in [1.165, 1.54) is 0 Å². The summed E-state index contributed by atoms with van der Waals surface area (Å²) >= 11 is 0. The zero-order chi connectivity index (χ0) is 15.8. The van der Waals surface area contributed by atoms with Gasteiger partial charge in [-0.1, -0.05) is 0 Å². The first-order valence-corrected chi connectivity index (χ1v) is 7.25. The molecule has 0 spiro atoms. The van der Waals surface area contributed by atoms with E-state index < -0.39 is 49.9 Å². The summed E-state index contributed by atoms with van der Waals surface area (Å²) < 4.78 is 33.9. The van der Waals surface area contributed by atoms with Crippen LogP contribution in [-0.2, 0) is 13.8 Å². The first kappa shape index (κ1) is 16.0. The maximum Gasteiger partial charge on any atom is 0.469 e. The largest absolute Gasteiger partial charge is 0.469 e. The van der Waals surface area contributed by atoms with Crippen LogP contribution in [0, 0.1) is 5.82 Å². The van der Waals surface area contributed by atoms with E-state index in [0.29, 0.717) is 6.20 Å². The monoisotopic (exact) mass is 326 g/mol. The first-order chi connectivity index (χ1) is 9.67. The molecular weight excluding hydrogens is 314 g/mol. The van der Waals surface area contributed by atoms with Crippen LogP contribution in [0.3, 0.4) is 0 Å². The summed E-state index contributed by atoms with van der Waals surface area (Å²) in [4.78, 5) is 41.3. The van der Waals surface area contributed by atoms with Gasteiger partial charge < -0.3 is 19.6 Å². The number of aliphatic hydroxyl groups excluding tert-OH is 1. The van der Waals surface area contributed by atoms with Gasteiger partial charge in [0.2, 0.25) is 5.82 Å². The number of aliphatic hydroxyl groups is 1. The highest BCUT2D eigenvalue weighted by molar-refractivity contribution is 7.46. The topological polar surface area (TPSA) is 151 Å². The Labute approximate surface area is 116 Å². The molecule has 118 valence electrons. The fourth-order valence-electron chi connectivity index (χ4n) is 1.88. The Balaban J connectivity index is 2.14. The summed E-state index contributed by atoms with van der Waals surface area (Å²) in [6.45, 7) is -0.609. The molecule has 21 heavy (non-hydrogen) atoms. The van der Waals surface area contributed by atoms with Gasteiger partial charge in [-0.15, -0.1) is 0 Å². The Kier molecular flexibility index (Phi) is 4.42. The SMILES string of the molecule is O=c1[nH]c(=O)n([C@H]2CC(O)[C@@H](COP(=O)(O)O)O2)cc1F. The predicted molar refractivity (Wildman–Crippen MR) is 63.8 cm³/mol. The molecule has 12 heteroatoms. The second-order valence-electron chi connectivity index (χ2n) is 4.36. The Morgan fingerprint density at radius 3 is 2.81 bits per heavy atom. The molecule has 1 fully saturated rings. The highest BCUT2D eigenvalue weighted by Crippen LogP contribution is 2.38. The van der Waals surface area contributed by atoms with Crippen molar-refractivity contribution in [2.75, 3.05) is 6.61 Å². The Hall–Kier alpha value is -1.36. The third kappa shape index (κ3) is 3.84. The Morgan fingerprint density at radius 1 is 1.52 bits per heavy atom. The lowest BCUT2D eigenvalue weighted by molar-refractivity contribution is -0.0453. The number of hydrogen-bond acceptors (Lipinski definition) is 6. The number of ether oxygens (including phenoxy) is 1. The van der Waals surface area contributed by atoms with E-state index in [1.807, 2.05) is 0 Å². The van der Waals surface area contributed by atoms with Gasteiger partial charge in [0.05, 0.1) is 18.9 Å². The highest BCUT2D eigenvalue weighted by atomic mass is 31.2. The maximum absolute atomic E-state index is 13.2. The quantitative estimate of drug-likeness (QED) is 0.485. The fourth-order valence-corrected chi connectivity index (χ4v) is 2.22. The second kappa shape index (κ2) is 5.79. The van der Waals surface area contributed by atoms with Crippen LogP contribution < -0.4 is 11.2 Å². The maximum atomic E-state index is 13.2. The van der Waals surface area contributed by atoms with Crippen molar-refractivity contribution in [1.29, 1.82) is 0 Å². The van der Waals surface area contributed by atoms with Crippen LogP contribution in [0.5, 0.6) is 0 Å². The number of aromatic amines is 1. The lowest BCUT2D eigenvalue weighted by atomic mass is 10.2. The molecule has 0 aromatic carbocycles. The molecule has 0 saturated carbocycles. The smallest absolute Gasteiger partial charge is 0.390 e. The number of H-pyrrole nitrogens is 1. The van der Waals surface area contributed by atoms with Crippen LogP contribution in [0.4, 0.5) is 4.39 Å². The van der Waals surface area contributed by atoms with Crippen LogP contribution in [0.2, 0.25) is 0 Å². The molecule has 10 nitrogen and oxygen atoms in total. The number of phosphoric acid groups is 1. The first-order valence-electron chi connectivity index (χ1n) is 5.72. The molecule has 1 unspecified atom stereocenters. The Morgan fingerprint density at radius 2 is 2.19 bits per heavy atom. The van der Waals surface area contributed by atoms with E-state index >= 15 is 0 Å². The second-order valence-corrected chi connectivity index (χ2v) is 5.60. The summed E-state index contributed by atoms with van der Waals surface area (Å²) in [5.74, 6) is -1.21. The van der Waals surface area contributed by atoms with E-state index in [4.69, 9.17) is 14.5 Å². The minimum atomic E-state index is -4.73. The van der Waals surface area contributed by atoms with Crippen molar-refractivity contribution in [3.8, 4) is 0 Å². The predicted octanol–water partition coefficient (Wildman–Crippen LogP) is -1.57. The molecule has 2 heterocycles. The van der Waals surface area contributed by atoms with Gasteiger partial charge in [-0.2, -0.15) is 4.39 Å². The van der Waals surface area contributed by atoms with Gasteiger partial charge >= 0.3 is 13.5 Å². The van der Waals surface area contributed by atoms with Gasteiger partial charge in [-0.25, -0.2) is 9.36 Å². The third-order valence-electron chi connectivity index (χ3n) is 2.85.